The van der Waals surface area contributed by atoms with Crippen molar-refractivity contribution in [1.29, 1.82) is 0 Å². The van der Waals surface area contributed by atoms with E-state index in [0.29, 0.717) is 5.56 Å². The Bertz CT molecular complexity index is 826. The maximum absolute atomic E-state index is 13.5. The highest BCUT2D eigenvalue weighted by molar-refractivity contribution is 5.76. The quantitative estimate of drug-likeness (QED) is 0.252. The topological polar surface area (TPSA) is 63.6 Å². The predicted octanol–water partition coefficient (Wildman–Crippen LogP) is 4.33. The van der Waals surface area contributed by atoms with Crippen molar-refractivity contribution in [3.05, 3.63) is 65.0 Å². The second-order valence-electron chi connectivity index (χ2n) is 5.57. The molecule has 0 aliphatic heterocycles. The van der Waals surface area contributed by atoms with E-state index in [1.54, 1.807) is 30.3 Å². The predicted molar refractivity (Wildman–Crippen MR) is 82.5 cm³/mol. The first-order valence-electron chi connectivity index (χ1n) is 7.73. The van der Waals surface area contributed by atoms with Crippen molar-refractivity contribution in [2.24, 2.45) is 0 Å². The van der Waals surface area contributed by atoms with Crippen molar-refractivity contribution in [2.45, 2.75) is 25.2 Å². The zero-order chi connectivity index (χ0) is 20.1. The summed E-state index contributed by atoms with van der Waals surface area (Å²) in [5.74, 6) is -16.3. The molecule has 2 aromatic rings. The number of carbonyl (C=O) groups is 2. The minimum Gasteiger partial charge on any atom is -0.481 e. The first kappa shape index (κ1) is 20.3. The minimum absolute atomic E-state index is 0.00551. The third-order valence-corrected chi connectivity index (χ3v) is 3.76. The van der Waals surface area contributed by atoms with E-state index < -0.39 is 59.1 Å². The number of benzene rings is 2. The SMILES string of the molecule is O=C(CCCC(C(=O)O)c1ccccc1)Oc1c(F)c(F)c(F)c(F)c1F. The summed E-state index contributed by atoms with van der Waals surface area (Å²) in [5.41, 5.74) is 0.498. The molecule has 0 spiro atoms. The molecule has 0 aliphatic rings. The third-order valence-electron chi connectivity index (χ3n) is 3.76. The van der Waals surface area contributed by atoms with Gasteiger partial charge in [0.05, 0.1) is 5.92 Å². The molecule has 0 aromatic heterocycles. The van der Waals surface area contributed by atoms with Crippen LogP contribution in [0, 0.1) is 29.1 Å². The molecule has 0 saturated heterocycles. The van der Waals surface area contributed by atoms with Crippen LogP contribution in [-0.2, 0) is 9.59 Å². The fourth-order valence-electron chi connectivity index (χ4n) is 2.41. The van der Waals surface area contributed by atoms with Crippen molar-refractivity contribution in [1.82, 2.24) is 0 Å². The molecule has 0 bridgehead atoms. The van der Waals surface area contributed by atoms with Gasteiger partial charge in [0.25, 0.3) is 0 Å². The maximum Gasteiger partial charge on any atom is 0.311 e. The molecule has 9 heteroatoms. The summed E-state index contributed by atoms with van der Waals surface area (Å²) in [6, 6.07) is 8.16. The van der Waals surface area contributed by atoms with Gasteiger partial charge in [0.15, 0.2) is 0 Å². The van der Waals surface area contributed by atoms with Crippen LogP contribution in [0.2, 0.25) is 0 Å². The van der Waals surface area contributed by atoms with Crippen LogP contribution in [0.3, 0.4) is 0 Å². The Kier molecular flexibility index (Phi) is 6.49. The Labute approximate surface area is 150 Å². The fraction of sp³-hybridized carbons (Fsp3) is 0.222. The van der Waals surface area contributed by atoms with Crippen molar-refractivity contribution in [3.63, 3.8) is 0 Å². The fourth-order valence-corrected chi connectivity index (χ4v) is 2.41. The Morgan fingerprint density at radius 3 is 1.93 bits per heavy atom. The molecular weight excluding hydrogens is 375 g/mol. The molecule has 1 unspecified atom stereocenters. The van der Waals surface area contributed by atoms with E-state index in [-0.39, 0.29) is 12.8 Å². The van der Waals surface area contributed by atoms with Crippen LogP contribution < -0.4 is 4.74 Å². The number of aliphatic carboxylic acids is 1. The molecule has 2 rings (SSSR count). The van der Waals surface area contributed by atoms with Gasteiger partial charge in [-0.3, -0.25) is 9.59 Å². The normalized spacial score (nSPS) is 11.9. The lowest BCUT2D eigenvalue weighted by molar-refractivity contribution is -0.140. The summed E-state index contributed by atoms with van der Waals surface area (Å²) < 4.78 is 70.3. The molecule has 1 atom stereocenters. The largest absolute Gasteiger partial charge is 0.481 e. The van der Waals surface area contributed by atoms with Crippen LogP contribution in [0.5, 0.6) is 5.75 Å². The number of esters is 1. The van der Waals surface area contributed by atoms with Crippen LogP contribution in [-0.4, -0.2) is 17.0 Å². The first-order chi connectivity index (χ1) is 12.7. The Morgan fingerprint density at radius 2 is 1.41 bits per heavy atom. The van der Waals surface area contributed by atoms with Crippen LogP contribution in [0.1, 0.15) is 30.7 Å². The number of carboxylic acid groups (broad SMARTS) is 1. The number of hydrogen-bond acceptors (Lipinski definition) is 3. The van der Waals surface area contributed by atoms with Gasteiger partial charge in [-0.1, -0.05) is 30.3 Å². The van der Waals surface area contributed by atoms with Crippen LogP contribution >= 0.6 is 0 Å². The summed E-state index contributed by atoms with van der Waals surface area (Å²) in [5, 5.41) is 9.25. The number of halogens is 5. The van der Waals surface area contributed by atoms with Gasteiger partial charge in [-0.05, 0) is 18.4 Å². The van der Waals surface area contributed by atoms with Crippen molar-refractivity contribution in [2.75, 3.05) is 0 Å². The molecule has 1 N–H and O–H groups in total. The lowest BCUT2D eigenvalue weighted by Crippen LogP contribution is -2.15. The number of carboxylic acids is 1. The van der Waals surface area contributed by atoms with E-state index >= 15 is 0 Å². The maximum atomic E-state index is 13.5. The lowest BCUT2D eigenvalue weighted by atomic mass is 9.94. The standard InChI is InChI=1S/C18H13F5O4/c19-12-13(20)15(22)17(16(23)14(12)21)27-11(24)8-4-7-10(18(25)26)9-5-2-1-3-6-9/h1-3,5-6,10H,4,7-8H2,(H,25,26). The van der Waals surface area contributed by atoms with Gasteiger partial charge in [0.2, 0.25) is 34.8 Å². The summed E-state index contributed by atoms with van der Waals surface area (Å²) in [7, 11) is 0. The van der Waals surface area contributed by atoms with Gasteiger partial charge in [-0.25, -0.2) is 13.2 Å². The average Bonchev–Trinajstić information content (AvgIpc) is 2.66. The van der Waals surface area contributed by atoms with E-state index in [4.69, 9.17) is 0 Å². The number of ether oxygens (including phenoxy) is 1. The Morgan fingerprint density at radius 1 is 0.889 bits per heavy atom. The van der Waals surface area contributed by atoms with E-state index in [1.807, 2.05) is 0 Å². The van der Waals surface area contributed by atoms with Gasteiger partial charge in [0.1, 0.15) is 0 Å². The molecule has 0 saturated carbocycles. The average molecular weight is 388 g/mol. The van der Waals surface area contributed by atoms with Crippen LogP contribution in [0.4, 0.5) is 22.0 Å². The molecule has 144 valence electrons. The van der Waals surface area contributed by atoms with Crippen LogP contribution in [0.25, 0.3) is 0 Å². The molecule has 27 heavy (non-hydrogen) atoms. The summed E-state index contributed by atoms with van der Waals surface area (Å²) in [6.45, 7) is 0. The van der Waals surface area contributed by atoms with E-state index in [9.17, 15) is 36.6 Å². The molecule has 2 aromatic carbocycles. The second kappa shape index (κ2) is 8.61. The smallest absolute Gasteiger partial charge is 0.311 e. The molecule has 0 fully saturated rings. The Balaban J connectivity index is 2.02. The molecule has 0 aliphatic carbocycles. The first-order valence-corrected chi connectivity index (χ1v) is 7.73. The summed E-state index contributed by atoms with van der Waals surface area (Å²) in [6.07, 6.45) is -0.512. The van der Waals surface area contributed by atoms with Gasteiger partial charge in [0, 0.05) is 6.42 Å². The minimum atomic E-state index is -2.36. The van der Waals surface area contributed by atoms with Gasteiger partial charge >= 0.3 is 11.9 Å². The van der Waals surface area contributed by atoms with E-state index in [0.717, 1.165) is 0 Å². The zero-order valence-corrected chi connectivity index (χ0v) is 13.6. The Hall–Kier alpha value is -2.97. The molecule has 0 amide bonds. The highest BCUT2D eigenvalue weighted by Gasteiger charge is 2.28. The number of hydrogen-bond donors (Lipinski definition) is 1. The lowest BCUT2D eigenvalue weighted by Gasteiger charge is -2.12. The van der Waals surface area contributed by atoms with Gasteiger partial charge in [-0.2, -0.15) is 8.78 Å². The van der Waals surface area contributed by atoms with Crippen molar-refractivity contribution < 1.29 is 41.4 Å². The van der Waals surface area contributed by atoms with E-state index in [1.165, 1.54) is 0 Å². The molecule has 0 radical (unpaired) electrons. The second-order valence-corrected chi connectivity index (χ2v) is 5.57. The third kappa shape index (κ3) is 4.60. The molecule has 0 heterocycles. The molecule has 4 nitrogen and oxygen atoms in total. The van der Waals surface area contributed by atoms with E-state index in [2.05, 4.69) is 4.74 Å². The zero-order valence-electron chi connectivity index (χ0n) is 13.6. The van der Waals surface area contributed by atoms with Crippen molar-refractivity contribution in [3.8, 4) is 5.75 Å². The monoisotopic (exact) mass is 388 g/mol. The van der Waals surface area contributed by atoms with Gasteiger partial charge < -0.3 is 9.84 Å². The summed E-state index contributed by atoms with van der Waals surface area (Å²) in [4.78, 5) is 23.0. The highest BCUT2D eigenvalue weighted by Crippen LogP contribution is 2.30. The number of rotatable bonds is 7. The highest BCUT2D eigenvalue weighted by atomic mass is 19.2. The molecular formula is C18H13F5O4. The van der Waals surface area contributed by atoms with Gasteiger partial charge in [-0.15, -0.1) is 0 Å². The van der Waals surface area contributed by atoms with Crippen molar-refractivity contribution >= 4 is 11.9 Å². The van der Waals surface area contributed by atoms with Crippen LogP contribution in [0.15, 0.2) is 30.3 Å². The summed E-state index contributed by atoms with van der Waals surface area (Å²) >= 11 is 0. The number of carbonyl (C=O) groups excluding carboxylic acids is 1.